The first-order valence-electron chi connectivity index (χ1n) is 3.93. The third kappa shape index (κ3) is 3.96. The van der Waals surface area contributed by atoms with Gasteiger partial charge in [-0.1, -0.05) is 30.4 Å². The first-order valence-corrected chi connectivity index (χ1v) is 3.93. The van der Waals surface area contributed by atoms with Crippen LogP contribution < -0.4 is 0 Å². The van der Waals surface area contributed by atoms with E-state index < -0.39 is 19.1 Å². The minimum Gasteiger partial charge on any atom is -0.449 e. The van der Waals surface area contributed by atoms with Gasteiger partial charge in [-0.2, -0.15) is 0 Å². The molecule has 0 aliphatic heterocycles. The maximum Gasteiger partial charge on any atom is 0.478 e. The summed E-state index contributed by atoms with van der Waals surface area (Å²) in [5.41, 5.74) is 0.514. The van der Waals surface area contributed by atoms with Crippen molar-refractivity contribution in [2.45, 2.75) is 12.7 Å². The van der Waals surface area contributed by atoms with Crippen LogP contribution in [-0.4, -0.2) is 6.98 Å². The second-order valence-corrected chi connectivity index (χ2v) is 2.88. The summed E-state index contributed by atoms with van der Waals surface area (Å²) in [6.45, 7) is -4.73. The van der Waals surface area contributed by atoms with Crippen LogP contribution in [0.2, 0.25) is 6.32 Å². The van der Waals surface area contributed by atoms with Crippen molar-refractivity contribution < 1.29 is 17.3 Å². The van der Waals surface area contributed by atoms with Crippen molar-refractivity contribution in [3.05, 3.63) is 35.6 Å². The van der Waals surface area contributed by atoms with Crippen LogP contribution in [-0.2, 0) is 6.42 Å². The second-order valence-electron chi connectivity index (χ2n) is 2.88. The van der Waals surface area contributed by atoms with E-state index in [9.17, 15) is 17.3 Å². The van der Waals surface area contributed by atoms with Crippen molar-refractivity contribution in [3.63, 3.8) is 0 Å². The van der Waals surface area contributed by atoms with Crippen molar-refractivity contribution in [2.24, 2.45) is 0 Å². The maximum atomic E-state index is 12.3. The van der Waals surface area contributed by atoms with E-state index >= 15 is 0 Å². The van der Waals surface area contributed by atoms with E-state index in [0.29, 0.717) is 5.56 Å². The number of rotatable bonds is 3. The SMILES string of the molecule is Fc1ccc(CC[B-](F)(F)F)cc1. The highest BCUT2D eigenvalue weighted by Crippen LogP contribution is 2.18. The van der Waals surface area contributed by atoms with Gasteiger partial charge in [0.05, 0.1) is 0 Å². The van der Waals surface area contributed by atoms with Gasteiger partial charge >= 0.3 is 6.98 Å². The van der Waals surface area contributed by atoms with Crippen LogP contribution in [0.15, 0.2) is 24.3 Å². The molecule has 0 amide bonds. The summed E-state index contributed by atoms with van der Waals surface area (Å²) in [4.78, 5) is 0. The molecule has 0 bridgehead atoms. The van der Waals surface area contributed by atoms with E-state index in [1.807, 2.05) is 0 Å². The third-order valence-electron chi connectivity index (χ3n) is 1.67. The Bertz CT molecular complexity index is 264. The average molecular weight is 191 g/mol. The Morgan fingerprint density at radius 3 is 2.00 bits per heavy atom. The molecule has 0 aromatic heterocycles. The highest BCUT2D eigenvalue weighted by atomic mass is 19.4. The van der Waals surface area contributed by atoms with Gasteiger partial charge in [-0.25, -0.2) is 4.39 Å². The molecule has 0 N–H and O–H groups in total. The minimum atomic E-state index is -4.73. The van der Waals surface area contributed by atoms with Crippen LogP contribution in [0.3, 0.4) is 0 Å². The molecule has 13 heavy (non-hydrogen) atoms. The summed E-state index contributed by atoms with van der Waals surface area (Å²) in [5.74, 6) is -0.429. The summed E-state index contributed by atoms with van der Waals surface area (Å²) >= 11 is 0. The first-order chi connectivity index (χ1) is 5.97. The molecule has 0 fully saturated rings. The lowest BCUT2D eigenvalue weighted by molar-refractivity contribution is 0.467. The largest absolute Gasteiger partial charge is 0.478 e. The maximum absolute atomic E-state index is 12.3. The van der Waals surface area contributed by atoms with Crippen LogP contribution in [0.5, 0.6) is 0 Å². The number of benzene rings is 1. The van der Waals surface area contributed by atoms with Crippen molar-refractivity contribution in [1.29, 1.82) is 0 Å². The zero-order valence-electron chi connectivity index (χ0n) is 6.81. The standard InChI is InChI=1S/C8H8BF4/c10-8-3-1-7(2-4-8)5-6-9(11,12)13/h1-4H,5-6H2/q-1. The van der Waals surface area contributed by atoms with Gasteiger partial charge < -0.3 is 12.9 Å². The van der Waals surface area contributed by atoms with Crippen LogP contribution in [0, 0.1) is 5.82 Å². The lowest BCUT2D eigenvalue weighted by atomic mass is 9.83. The Labute approximate surface area is 73.6 Å². The van der Waals surface area contributed by atoms with Crippen molar-refractivity contribution >= 4 is 6.98 Å². The van der Waals surface area contributed by atoms with Crippen LogP contribution in [0.1, 0.15) is 5.56 Å². The number of halogens is 4. The van der Waals surface area contributed by atoms with Crippen LogP contribution in [0.4, 0.5) is 17.3 Å². The van der Waals surface area contributed by atoms with Gasteiger partial charge in [0.15, 0.2) is 0 Å². The monoisotopic (exact) mass is 191 g/mol. The Morgan fingerprint density at radius 2 is 1.54 bits per heavy atom. The minimum absolute atomic E-state index is 0.0657. The van der Waals surface area contributed by atoms with Gasteiger partial charge in [0, 0.05) is 0 Å². The number of hydrogen-bond acceptors (Lipinski definition) is 0. The van der Waals surface area contributed by atoms with E-state index in [0.717, 1.165) is 0 Å². The highest BCUT2D eigenvalue weighted by molar-refractivity contribution is 6.58. The van der Waals surface area contributed by atoms with Gasteiger partial charge in [0.1, 0.15) is 5.82 Å². The molecule has 72 valence electrons. The molecule has 0 saturated heterocycles. The molecule has 5 heteroatoms. The van der Waals surface area contributed by atoms with Crippen LogP contribution in [0.25, 0.3) is 0 Å². The molecule has 0 atom stereocenters. The molecule has 0 aliphatic rings. The summed E-state index contributed by atoms with van der Waals surface area (Å²) in [5, 5.41) is 0. The van der Waals surface area contributed by atoms with Gasteiger partial charge in [-0.15, -0.1) is 0 Å². The molecule has 0 radical (unpaired) electrons. The quantitative estimate of drug-likeness (QED) is 0.508. The van der Waals surface area contributed by atoms with E-state index in [1.54, 1.807) is 0 Å². The predicted octanol–water partition coefficient (Wildman–Crippen LogP) is 3.22. The summed E-state index contributed by atoms with van der Waals surface area (Å²) in [6, 6.07) is 5.08. The first kappa shape index (κ1) is 10.1. The molecule has 1 aromatic rings. The molecule has 0 nitrogen and oxygen atoms in total. The molecule has 0 saturated carbocycles. The van der Waals surface area contributed by atoms with Gasteiger partial charge in [0.25, 0.3) is 0 Å². The molecule has 1 rings (SSSR count). The van der Waals surface area contributed by atoms with Gasteiger partial charge in [0.2, 0.25) is 0 Å². The van der Waals surface area contributed by atoms with E-state index in [2.05, 4.69) is 0 Å². The highest BCUT2D eigenvalue weighted by Gasteiger charge is 2.21. The Morgan fingerprint density at radius 1 is 1.00 bits per heavy atom. The molecule has 1 aromatic carbocycles. The topological polar surface area (TPSA) is 0 Å². The Balaban J connectivity index is 2.51. The molecular formula is C8H8BF4-. The fourth-order valence-corrected chi connectivity index (χ4v) is 0.981. The molecule has 0 aliphatic carbocycles. The normalized spacial score (nSPS) is 11.7. The van der Waals surface area contributed by atoms with Crippen LogP contribution >= 0.6 is 0 Å². The van der Waals surface area contributed by atoms with Gasteiger partial charge in [-0.05, 0) is 12.1 Å². The zero-order chi connectivity index (χ0) is 9.90. The Hall–Kier alpha value is -0.995. The lowest BCUT2D eigenvalue weighted by Gasteiger charge is -2.12. The van der Waals surface area contributed by atoms with E-state index in [-0.39, 0.29) is 6.42 Å². The number of hydrogen-bond donors (Lipinski definition) is 0. The summed E-state index contributed by atoms with van der Waals surface area (Å²) in [7, 11) is 0. The van der Waals surface area contributed by atoms with Crippen molar-refractivity contribution in [1.82, 2.24) is 0 Å². The lowest BCUT2D eigenvalue weighted by Crippen LogP contribution is -2.15. The molecular weight excluding hydrogens is 183 g/mol. The smallest absolute Gasteiger partial charge is 0.449 e. The Kier molecular flexibility index (Phi) is 2.96. The van der Waals surface area contributed by atoms with Gasteiger partial charge in [-0.3, -0.25) is 0 Å². The fraction of sp³-hybridized carbons (Fsp3) is 0.250. The van der Waals surface area contributed by atoms with E-state index in [4.69, 9.17) is 0 Å². The second kappa shape index (κ2) is 3.81. The van der Waals surface area contributed by atoms with Crippen molar-refractivity contribution in [3.8, 4) is 0 Å². The molecule has 0 spiro atoms. The average Bonchev–Trinajstić information content (AvgIpc) is 2.02. The zero-order valence-corrected chi connectivity index (χ0v) is 6.81. The predicted molar refractivity (Wildman–Crippen MR) is 44.0 cm³/mol. The summed E-state index contributed by atoms with van der Waals surface area (Å²) < 4.78 is 47.8. The molecule has 0 heterocycles. The summed E-state index contributed by atoms with van der Waals surface area (Å²) in [6.07, 6.45) is -0.866. The van der Waals surface area contributed by atoms with Crippen molar-refractivity contribution in [2.75, 3.05) is 0 Å². The third-order valence-corrected chi connectivity index (χ3v) is 1.67. The fourth-order valence-electron chi connectivity index (χ4n) is 0.981. The molecule has 0 unspecified atom stereocenters. The number of aryl methyl sites for hydroxylation is 1. The van der Waals surface area contributed by atoms with E-state index in [1.165, 1.54) is 24.3 Å².